The third kappa shape index (κ3) is 23.2. The largest absolute Gasteiger partial charge is 0.462 e. The average molecular weight is 431 g/mol. The Balaban J connectivity index is 4.01. The van der Waals surface area contributed by atoms with Gasteiger partial charge in [-0.1, -0.05) is 117 Å². The molecule has 0 heterocycles. The highest BCUT2D eigenvalue weighted by Gasteiger charge is 2.05. The summed E-state index contributed by atoms with van der Waals surface area (Å²) in [7, 11) is 0. The molecule has 0 aliphatic rings. The van der Waals surface area contributed by atoms with Crippen molar-refractivity contribution in [2.75, 3.05) is 13.1 Å². The number of rotatable bonds is 23. The van der Waals surface area contributed by atoms with E-state index < -0.39 is 25.1 Å². The minimum Gasteiger partial charge on any atom is -0.462 e. The van der Waals surface area contributed by atoms with Gasteiger partial charge in [-0.3, -0.25) is 9.59 Å². The van der Waals surface area contributed by atoms with Crippen LogP contribution < -0.4 is 0 Å². The minimum atomic E-state index is -3.03. The second-order valence-electron chi connectivity index (χ2n) is 8.31. The number of hydrogen-bond donors (Lipinski definition) is 0. The SMILES string of the molecule is [2H]C([2H])(OC(=O)CCCCCCCCCCC)C([2H])([2H])OC(=O)CCCCCCCCCCC. The summed E-state index contributed by atoms with van der Waals surface area (Å²) in [5.41, 5.74) is 0. The lowest BCUT2D eigenvalue weighted by Crippen LogP contribution is -2.13. The van der Waals surface area contributed by atoms with E-state index in [1.807, 2.05) is 0 Å². The molecule has 30 heavy (non-hydrogen) atoms. The maximum atomic E-state index is 12.0. The van der Waals surface area contributed by atoms with Crippen molar-refractivity contribution in [3.05, 3.63) is 0 Å². The Labute approximate surface area is 192 Å². The van der Waals surface area contributed by atoms with Crippen LogP contribution in [0.1, 0.15) is 148 Å². The molecule has 0 aliphatic carbocycles. The molecule has 0 aromatic heterocycles. The molecule has 0 rings (SSSR count). The van der Waals surface area contributed by atoms with Crippen molar-refractivity contribution < 1.29 is 24.5 Å². The van der Waals surface area contributed by atoms with Gasteiger partial charge in [0.2, 0.25) is 0 Å². The predicted octanol–water partition coefficient (Wildman–Crippen LogP) is 7.91. The van der Waals surface area contributed by atoms with Crippen LogP contribution in [-0.2, 0) is 19.1 Å². The van der Waals surface area contributed by atoms with Crippen molar-refractivity contribution in [2.45, 2.75) is 142 Å². The summed E-state index contributed by atoms with van der Waals surface area (Å²) in [6, 6.07) is 0. The quantitative estimate of drug-likeness (QED) is 0.122. The molecule has 4 nitrogen and oxygen atoms in total. The van der Waals surface area contributed by atoms with Crippen LogP contribution >= 0.6 is 0 Å². The Morgan fingerprint density at radius 1 is 0.500 bits per heavy atom. The van der Waals surface area contributed by atoms with E-state index in [0.717, 1.165) is 38.5 Å². The summed E-state index contributed by atoms with van der Waals surface area (Å²) in [4.78, 5) is 24.0. The van der Waals surface area contributed by atoms with Crippen molar-refractivity contribution in [2.24, 2.45) is 0 Å². The third-order valence-corrected chi connectivity index (χ3v) is 5.34. The number of hydrogen-bond acceptors (Lipinski definition) is 4. The number of ether oxygens (including phenoxy) is 2. The van der Waals surface area contributed by atoms with Crippen LogP contribution in [0, 0.1) is 0 Å². The van der Waals surface area contributed by atoms with E-state index in [2.05, 4.69) is 13.8 Å². The topological polar surface area (TPSA) is 52.6 Å². The zero-order chi connectivity index (χ0) is 25.7. The maximum Gasteiger partial charge on any atom is 0.305 e. The van der Waals surface area contributed by atoms with Gasteiger partial charge in [-0.15, -0.1) is 0 Å². The average Bonchev–Trinajstić information content (AvgIpc) is 2.76. The molecule has 0 aromatic rings. The number of esters is 2. The Kier molecular flexibility index (Phi) is 17.9. The van der Waals surface area contributed by atoms with E-state index in [4.69, 9.17) is 15.0 Å². The first kappa shape index (κ1) is 22.1. The second kappa shape index (κ2) is 24.2. The van der Waals surface area contributed by atoms with E-state index in [-0.39, 0.29) is 12.8 Å². The monoisotopic (exact) mass is 430 g/mol. The molecule has 0 amide bonds. The smallest absolute Gasteiger partial charge is 0.305 e. The zero-order valence-corrected chi connectivity index (χ0v) is 19.8. The van der Waals surface area contributed by atoms with Gasteiger partial charge in [-0.05, 0) is 12.8 Å². The lowest BCUT2D eigenvalue weighted by Gasteiger charge is -2.07. The molecule has 0 saturated carbocycles. The predicted molar refractivity (Wildman–Crippen MR) is 126 cm³/mol. The summed E-state index contributed by atoms with van der Waals surface area (Å²) < 4.78 is 40.6. The molecule has 0 unspecified atom stereocenters. The fourth-order valence-electron chi connectivity index (χ4n) is 3.42. The number of unbranched alkanes of at least 4 members (excludes halogenated alkanes) is 16. The Morgan fingerprint density at radius 2 is 0.767 bits per heavy atom. The van der Waals surface area contributed by atoms with Gasteiger partial charge in [0, 0.05) is 12.8 Å². The van der Waals surface area contributed by atoms with E-state index in [1.54, 1.807) is 0 Å². The molecule has 0 saturated heterocycles. The first-order valence-corrected chi connectivity index (χ1v) is 12.6. The van der Waals surface area contributed by atoms with Gasteiger partial charge < -0.3 is 9.47 Å². The second-order valence-corrected chi connectivity index (χ2v) is 8.31. The van der Waals surface area contributed by atoms with Gasteiger partial charge in [0.25, 0.3) is 0 Å². The van der Waals surface area contributed by atoms with Crippen LogP contribution in [-0.4, -0.2) is 25.1 Å². The van der Waals surface area contributed by atoms with Crippen LogP contribution in [0.3, 0.4) is 0 Å². The third-order valence-electron chi connectivity index (χ3n) is 5.34. The van der Waals surface area contributed by atoms with Gasteiger partial charge in [-0.25, -0.2) is 0 Å². The lowest BCUT2D eigenvalue weighted by atomic mass is 10.1. The Morgan fingerprint density at radius 3 is 1.07 bits per heavy atom. The molecule has 0 spiro atoms. The molecule has 0 N–H and O–H groups in total. The summed E-state index contributed by atoms with van der Waals surface area (Å²) >= 11 is 0. The summed E-state index contributed by atoms with van der Waals surface area (Å²) in [5, 5.41) is 0. The van der Waals surface area contributed by atoms with Crippen LogP contribution in [0.5, 0.6) is 0 Å². The normalized spacial score (nSPS) is 13.8. The molecule has 0 atom stereocenters. The maximum absolute atomic E-state index is 12.0. The molecule has 0 radical (unpaired) electrons. The van der Waals surface area contributed by atoms with Crippen molar-refractivity contribution in [3.8, 4) is 0 Å². The zero-order valence-electron chi connectivity index (χ0n) is 23.8. The van der Waals surface area contributed by atoms with Crippen LogP contribution in [0.2, 0.25) is 0 Å². The van der Waals surface area contributed by atoms with Crippen molar-refractivity contribution in [3.63, 3.8) is 0 Å². The molecule has 178 valence electrons. The molecule has 0 bridgehead atoms. The Hall–Kier alpha value is -1.06. The summed E-state index contributed by atoms with van der Waals surface area (Å²) in [6.45, 7) is -1.68. The van der Waals surface area contributed by atoms with Gasteiger partial charge in [0.05, 0.1) is 5.48 Å². The fraction of sp³-hybridized carbons (Fsp3) is 0.923. The van der Waals surface area contributed by atoms with E-state index in [9.17, 15) is 9.59 Å². The van der Waals surface area contributed by atoms with Crippen LogP contribution in [0.4, 0.5) is 0 Å². The van der Waals surface area contributed by atoms with Crippen LogP contribution in [0.25, 0.3) is 0 Å². The fourth-order valence-corrected chi connectivity index (χ4v) is 3.42. The molecule has 0 aliphatic heterocycles. The summed E-state index contributed by atoms with van der Waals surface area (Å²) in [5.74, 6) is -1.63. The molecule has 0 fully saturated rings. The molecular weight excluding hydrogens is 376 g/mol. The van der Waals surface area contributed by atoms with Gasteiger partial charge in [-0.2, -0.15) is 0 Å². The van der Waals surface area contributed by atoms with Gasteiger partial charge >= 0.3 is 11.9 Å². The van der Waals surface area contributed by atoms with E-state index >= 15 is 0 Å². The highest BCUT2D eigenvalue weighted by atomic mass is 16.6. The minimum absolute atomic E-state index is 0.0256. The van der Waals surface area contributed by atoms with Crippen molar-refractivity contribution >= 4 is 11.9 Å². The number of carbonyl (C=O) groups excluding carboxylic acids is 2. The highest BCUT2D eigenvalue weighted by molar-refractivity contribution is 5.70. The van der Waals surface area contributed by atoms with E-state index in [0.29, 0.717) is 12.8 Å². The van der Waals surface area contributed by atoms with Crippen molar-refractivity contribution in [1.82, 2.24) is 0 Å². The van der Waals surface area contributed by atoms with Gasteiger partial charge in [0.15, 0.2) is 0 Å². The summed E-state index contributed by atoms with van der Waals surface area (Å²) in [6.07, 6.45) is 19.6. The van der Waals surface area contributed by atoms with Crippen LogP contribution in [0.15, 0.2) is 0 Å². The lowest BCUT2D eigenvalue weighted by molar-refractivity contribution is -0.152. The molecular formula is C26H50O4. The van der Waals surface area contributed by atoms with Crippen molar-refractivity contribution in [1.29, 1.82) is 0 Å². The van der Waals surface area contributed by atoms with Gasteiger partial charge in [0.1, 0.15) is 13.1 Å². The first-order valence-electron chi connectivity index (χ1n) is 14.6. The van der Waals surface area contributed by atoms with E-state index in [1.165, 1.54) is 64.2 Å². The Bertz CT molecular complexity index is 481. The molecule has 4 heteroatoms. The first-order chi connectivity index (χ1) is 16.2. The standard InChI is InChI=1S/C26H50O4/c1-3-5-7-9-11-13-15-17-19-21-25(27)29-23-24-30-26(28)22-20-18-16-14-12-10-8-6-4-2/h3-24H2,1-2H3/i23D2,24D2. The highest BCUT2D eigenvalue weighted by Crippen LogP contribution is 2.12. The number of carbonyl (C=O) groups is 2. The molecule has 0 aromatic carbocycles.